The number of para-hydroxylation sites is 1. The predicted octanol–water partition coefficient (Wildman–Crippen LogP) is 7.19. The van der Waals surface area contributed by atoms with E-state index in [2.05, 4.69) is 83.7 Å². The van der Waals surface area contributed by atoms with Crippen molar-refractivity contribution in [3.05, 3.63) is 97.2 Å². The Morgan fingerprint density at radius 3 is 2.41 bits per heavy atom. The molecular weight excluding hydrogens is 352 g/mol. The van der Waals surface area contributed by atoms with Crippen LogP contribution in [0.4, 0.5) is 0 Å². The summed E-state index contributed by atoms with van der Waals surface area (Å²) < 4.78 is 2.38. The first-order valence-electron chi connectivity index (χ1n) is 9.99. The summed E-state index contributed by atoms with van der Waals surface area (Å²) in [5, 5.41) is 2.56. The quantitative estimate of drug-likeness (QED) is 0.325. The van der Waals surface area contributed by atoms with Gasteiger partial charge in [0.1, 0.15) is 0 Å². The molecule has 0 fully saturated rings. The molecule has 29 heavy (non-hydrogen) atoms. The smallest absolute Gasteiger partial charge is 0.0708 e. The summed E-state index contributed by atoms with van der Waals surface area (Å²) in [4.78, 5) is 4.58. The van der Waals surface area contributed by atoms with Gasteiger partial charge >= 0.3 is 0 Å². The maximum Gasteiger partial charge on any atom is 0.0708 e. The second-order valence-electron chi connectivity index (χ2n) is 7.22. The van der Waals surface area contributed by atoms with Gasteiger partial charge in [0, 0.05) is 34.6 Å². The molecule has 2 aromatic heterocycles. The molecule has 0 aliphatic carbocycles. The Hall–Kier alpha value is -3.65. The molecule has 0 N–H and O–H groups in total. The van der Waals surface area contributed by atoms with Gasteiger partial charge in [-0.15, -0.1) is 0 Å². The molecule has 0 amide bonds. The number of aromatic nitrogens is 2. The summed E-state index contributed by atoms with van der Waals surface area (Å²) >= 11 is 0. The summed E-state index contributed by atoms with van der Waals surface area (Å²) in [6, 6.07) is 27.7. The highest BCUT2D eigenvalue weighted by atomic mass is 15.0. The first-order valence-corrected chi connectivity index (χ1v) is 9.99. The van der Waals surface area contributed by atoms with Gasteiger partial charge in [-0.05, 0) is 53.9 Å². The highest BCUT2D eigenvalue weighted by molar-refractivity contribution is 6.11. The fourth-order valence-corrected chi connectivity index (χ4v) is 4.25. The molecule has 0 aliphatic heterocycles. The number of pyridine rings is 1. The number of hydrogen-bond acceptors (Lipinski definition) is 1. The van der Waals surface area contributed by atoms with E-state index in [-0.39, 0.29) is 0 Å². The maximum absolute atomic E-state index is 4.58. The van der Waals surface area contributed by atoms with Crippen molar-refractivity contribution in [2.75, 3.05) is 0 Å². The Morgan fingerprint density at radius 1 is 0.828 bits per heavy atom. The summed E-state index contributed by atoms with van der Waals surface area (Å²) in [5.41, 5.74) is 8.15. The number of hydrogen-bond donors (Lipinski definition) is 0. The van der Waals surface area contributed by atoms with E-state index in [1.807, 2.05) is 30.5 Å². The normalized spacial score (nSPS) is 11.2. The average Bonchev–Trinajstić information content (AvgIpc) is 3.13. The molecule has 140 valence electrons. The summed E-state index contributed by atoms with van der Waals surface area (Å²) in [5.74, 6) is 0. The molecular formula is C27H22N2. The molecule has 3 aromatic carbocycles. The van der Waals surface area contributed by atoms with Gasteiger partial charge < -0.3 is 4.57 Å². The fraction of sp³-hybridized carbons (Fsp3) is 0.0741. The average molecular weight is 374 g/mol. The largest absolute Gasteiger partial charge is 0.340 e. The molecule has 2 heterocycles. The van der Waals surface area contributed by atoms with E-state index < -0.39 is 0 Å². The van der Waals surface area contributed by atoms with Crippen LogP contribution in [-0.2, 0) is 6.54 Å². The van der Waals surface area contributed by atoms with Crippen LogP contribution < -0.4 is 0 Å². The lowest BCUT2D eigenvalue weighted by molar-refractivity contribution is 0.826. The SMILES string of the molecule is C=Cc1cc(-c2ccnc(-c3ccccc3)c2)cc2c3ccccc3n(CC)c12. The fourth-order valence-electron chi connectivity index (χ4n) is 4.25. The van der Waals surface area contributed by atoms with Crippen LogP contribution >= 0.6 is 0 Å². The van der Waals surface area contributed by atoms with Crippen LogP contribution in [0, 0.1) is 0 Å². The third-order valence-corrected chi connectivity index (χ3v) is 5.59. The predicted molar refractivity (Wildman–Crippen MR) is 124 cm³/mol. The van der Waals surface area contributed by atoms with Crippen LogP contribution in [0.15, 0.2) is 91.6 Å². The molecule has 5 aromatic rings. The van der Waals surface area contributed by atoms with Crippen LogP contribution in [0.2, 0.25) is 0 Å². The molecule has 2 heteroatoms. The molecule has 0 aliphatic rings. The van der Waals surface area contributed by atoms with Crippen molar-refractivity contribution in [2.24, 2.45) is 0 Å². The zero-order valence-corrected chi connectivity index (χ0v) is 16.5. The van der Waals surface area contributed by atoms with Gasteiger partial charge in [0.2, 0.25) is 0 Å². The molecule has 0 atom stereocenters. The van der Waals surface area contributed by atoms with Crippen LogP contribution in [0.3, 0.4) is 0 Å². The number of fused-ring (bicyclic) bond motifs is 3. The van der Waals surface area contributed by atoms with E-state index in [1.165, 1.54) is 27.4 Å². The highest BCUT2D eigenvalue weighted by Gasteiger charge is 2.14. The third kappa shape index (κ3) is 2.85. The summed E-state index contributed by atoms with van der Waals surface area (Å²) in [7, 11) is 0. The molecule has 0 saturated heterocycles. The van der Waals surface area contributed by atoms with Crippen molar-refractivity contribution in [1.29, 1.82) is 0 Å². The minimum Gasteiger partial charge on any atom is -0.340 e. The molecule has 5 rings (SSSR count). The van der Waals surface area contributed by atoms with E-state index in [1.54, 1.807) is 0 Å². The van der Waals surface area contributed by atoms with E-state index in [4.69, 9.17) is 0 Å². The lowest BCUT2D eigenvalue weighted by Gasteiger charge is -2.10. The third-order valence-electron chi connectivity index (χ3n) is 5.59. The van der Waals surface area contributed by atoms with Gasteiger partial charge in [-0.25, -0.2) is 0 Å². The molecule has 2 nitrogen and oxygen atoms in total. The van der Waals surface area contributed by atoms with E-state index in [0.29, 0.717) is 0 Å². The van der Waals surface area contributed by atoms with Gasteiger partial charge in [0.15, 0.2) is 0 Å². The van der Waals surface area contributed by atoms with Gasteiger partial charge in [0.05, 0.1) is 11.2 Å². The lowest BCUT2D eigenvalue weighted by atomic mass is 9.98. The van der Waals surface area contributed by atoms with Crippen LogP contribution in [0.5, 0.6) is 0 Å². The van der Waals surface area contributed by atoms with Crippen molar-refractivity contribution >= 4 is 27.9 Å². The zero-order valence-electron chi connectivity index (χ0n) is 16.5. The van der Waals surface area contributed by atoms with E-state index in [9.17, 15) is 0 Å². The second-order valence-corrected chi connectivity index (χ2v) is 7.22. The molecule has 0 bridgehead atoms. The first-order chi connectivity index (χ1) is 14.3. The van der Waals surface area contributed by atoms with Crippen LogP contribution in [0.1, 0.15) is 12.5 Å². The van der Waals surface area contributed by atoms with Crippen LogP contribution in [0.25, 0.3) is 50.3 Å². The molecule has 0 saturated carbocycles. The number of nitrogens with zero attached hydrogens (tertiary/aromatic N) is 2. The zero-order chi connectivity index (χ0) is 19.8. The monoisotopic (exact) mass is 374 g/mol. The van der Waals surface area contributed by atoms with Crippen molar-refractivity contribution in [3.63, 3.8) is 0 Å². The second kappa shape index (κ2) is 7.06. The molecule has 0 unspecified atom stereocenters. The van der Waals surface area contributed by atoms with Crippen molar-refractivity contribution in [3.8, 4) is 22.4 Å². The summed E-state index contributed by atoms with van der Waals surface area (Å²) in [6.45, 7) is 7.23. The Bertz CT molecular complexity index is 1340. The van der Waals surface area contributed by atoms with Gasteiger partial charge in [-0.2, -0.15) is 0 Å². The Balaban J connectivity index is 1.77. The first kappa shape index (κ1) is 17.4. The van der Waals surface area contributed by atoms with Crippen molar-refractivity contribution in [1.82, 2.24) is 9.55 Å². The number of benzene rings is 3. The topological polar surface area (TPSA) is 17.8 Å². The summed E-state index contributed by atoms with van der Waals surface area (Å²) in [6.07, 6.45) is 3.86. The van der Waals surface area contributed by atoms with E-state index in [0.717, 1.165) is 28.9 Å². The van der Waals surface area contributed by atoms with Gasteiger partial charge in [0.25, 0.3) is 0 Å². The minimum absolute atomic E-state index is 0.928. The Labute approximate surface area is 170 Å². The molecule has 0 spiro atoms. The Kier molecular flexibility index (Phi) is 4.25. The van der Waals surface area contributed by atoms with Crippen molar-refractivity contribution < 1.29 is 0 Å². The van der Waals surface area contributed by atoms with E-state index >= 15 is 0 Å². The standard InChI is InChI=1S/C27H22N2/c1-3-19-16-22(21-14-15-28-25(18-21)20-10-6-5-7-11-20)17-24-23-12-8-9-13-26(23)29(4-2)27(19)24/h3,5-18H,1,4H2,2H3. The highest BCUT2D eigenvalue weighted by Crippen LogP contribution is 2.36. The molecule has 0 radical (unpaired) electrons. The van der Waals surface area contributed by atoms with Gasteiger partial charge in [-0.3, -0.25) is 4.98 Å². The van der Waals surface area contributed by atoms with Gasteiger partial charge in [-0.1, -0.05) is 61.2 Å². The number of aryl methyl sites for hydroxylation is 1. The van der Waals surface area contributed by atoms with Crippen molar-refractivity contribution in [2.45, 2.75) is 13.5 Å². The lowest BCUT2D eigenvalue weighted by Crippen LogP contribution is -1.95. The van der Waals surface area contributed by atoms with Crippen LogP contribution in [-0.4, -0.2) is 9.55 Å². The number of rotatable bonds is 4. The maximum atomic E-state index is 4.58. The minimum atomic E-state index is 0.928. The Morgan fingerprint density at radius 2 is 1.62 bits per heavy atom.